The molecule has 3 heteroatoms. The fourth-order valence-electron chi connectivity index (χ4n) is 0.283. The van der Waals surface area contributed by atoms with Crippen molar-refractivity contribution in [3.63, 3.8) is 0 Å². The highest BCUT2D eigenvalue weighted by molar-refractivity contribution is 7.98. The van der Waals surface area contributed by atoms with Gasteiger partial charge in [-0.15, -0.1) is 11.8 Å². The molecule has 0 unspecified atom stereocenters. The van der Waals surface area contributed by atoms with Gasteiger partial charge in [-0.1, -0.05) is 11.8 Å². The van der Waals surface area contributed by atoms with Crippen LogP contribution in [0.15, 0.2) is 0 Å². The van der Waals surface area contributed by atoms with E-state index in [1.165, 1.54) is 0 Å². The van der Waals surface area contributed by atoms with Gasteiger partial charge in [0.05, 0.1) is 5.94 Å². The van der Waals surface area contributed by atoms with Crippen LogP contribution in [0, 0.1) is 11.8 Å². The van der Waals surface area contributed by atoms with E-state index in [0.29, 0.717) is 12.5 Å². The number of aliphatic hydroxyl groups excluding tert-OH is 1. The zero-order chi connectivity index (χ0) is 6.95. The highest BCUT2D eigenvalue weighted by Crippen LogP contribution is 1.89. The molecule has 0 aliphatic rings. The summed E-state index contributed by atoms with van der Waals surface area (Å²) in [6, 6.07) is 0. The molecule has 0 aromatic heterocycles. The Morgan fingerprint density at radius 2 is 2.33 bits per heavy atom. The molecule has 0 saturated carbocycles. The van der Waals surface area contributed by atoms with Gasteiger partial charge >= 0.3 is 0 Å². The van der Waals surface area contributed by atoms with Gasteiger partial charge in [-0.05, 0) is 6.26 Å². The van der Waals surface area contributed by atoms with Crippen molar-refractivity contribution in [2.24, 2.45) is 0 Å². The smallest absolute Gasteiger partial charge is 0.108 e. The van der Waals surface area contributed by atoms with Crippen molar-refractivity contribution >= 4 is 11.8 Å². The van der Waals surface area contributed by atoms with Gasteiger partial charge in [-0.25, -0.2) is 0 Å². The second kappa shape index (κ2) is 7.83. The number of ether oxygens (including phenoxy) is 1. The summed E-state index contributed by atoms with van der Waals surface area (Å²) in [4.78, 5) is 0. The van der Waals surface area contributed by atoms with Crippen LogP contribution in [-0.4, -0.2) is 30.5 Å². The number of thioether (sulfide) groups is 1. The summed E-state index contributed by atoms with van der Waals surface area (Å²) in [5.74, 6) is 5.78. The molecule has 0 heterocycles. The van der Waals surface area contributed by atoms with Gasteiger partial charge in [-0.3, -0.25) is 0 Å². The maximum atomic E-state index is 8.19. The van der Waals surface area contributed by atoms with E-state index >= 15 is 0 Å². The minimum atomic E-state index is -0.0807. The Kier molecular flexibility index (Phi) is 7.68. The van der Waals surface area contributed by atoms with E-state index in [4.69, 9.17) is 9.84 Å². The first kappa shape index (κ1) is 8.83. The molecule has 0 saturated heterocycles. The Balaban J connectivity index is 2.90. The zero-order valence-corrected chi connectivity index (χ0v) is 6.20. The minimum Gasteiger partial charge on any atom is -0.384 e. The summed E-state index contributed by atoms with van der Waals surface area (Å²) in [5.41, 5.74) is 0. The predicted molar refractivity (Wildman–Crippen MR) is 39.2 cm³/mol. The van der Waals surface area contributed by atoms with Crippen LogP contribution in [0.3, 0.4) is 0 Å². The Bertz CT molecular complexity index is 103. The van der Waals surface area contributed by atoms with E-state index in [1.54, 1.807) is 11.8 Å². The molecular formula is C6H10O2S. The van der Waals surface area contributed by atoms with E-state index in [2.05, 4.69) is 11.8 Å². The lowest BCUT2D eigenvalue weighted by Gasteiger charge is -1.91. The van der Waals surface area contributed by atoms with Gasteiger partial charge in [0, 0.05) is 0 Å². The molecule has 0 rings (SSSR count). The van der Waals surface area contributed by atoms with E-state index < -0.39 is 0 Å². The average molecular weight is 146 g/mol. The average Bonchev–Trinajstić information content (AvgIpc) is 1.89. The van der Waals surface area contributed by atoms with Crippen LogP contribution in [0.1, 0.15) is 0 Å². The van der Waals surface area contributed by atoms with Crippen LogP contribution in [0.25, 0.3) is 0 Å². The van der Waals surface area contributed by atoms with Crippen molar-refractivity contribution in [3.8, 4) is 11.8 Å². The predicted octanol–water partition coefficient (Wildman–Crippen LogP) is 0.319. The Labute approximate surface area is 59.6 Å². The van der Waals surface area contributed by atoms with Crippen LogP contribution in [0.4, 0.5) is 0 Å². The third kappa shape index (κ3) is 7.83. The van der Waals surface area contributed by atoms with Gasteiger partial charge in [0.1, 0.15) is 13.2 Å². The van der Waals surface area contributed by atoms with Crippen LogP contribution < -0.4 is 0 Å². The van der Waals surface area contributed by atoms with Gasteiger partial charge in [0.2, 0.25) is 0 Å². The highest BCUT2D eigenvalue weighted by Gasteiger charge is 1.76. The monoisotopic (exact) mass is 146 g/mol. The number of hydrogen-bond acceptors (Lipinski definition) is 3. The standard InChI is InChI=1S/C6H10O2S/c1-9-6-8-5-3-2-4-7/h7H,4-6H2,1H3. The quantitative estimate of drug-likeness (QED) is 0.353. The van der Waals surface area contributed by atoms with Crippen LogP contribution in [-0.2, 0) is 4.74 Å². The molecule has 0 spiro atoms. The largest absolute Gasteiger partial charge is 0.384 e. The van der Waals surface area contributed by atoms with Crippen molar-refractivity contribution in [2.75, 3.05) is 25.4 Å². The van der Waals surface area contributed by atoms with Crippen molar-refractivity contribution in [1.29, 1.82) is 0 Å². The van der Waals surface area contributed by atoms with Crippen LogP contribution >= 0.6 is 11.8 Å². The third-order valence-electron chi connectivity index (χ3n) is 0.579. The number of rotatable bonds is 3. The van der Waals surface area contributed by atoms with Crippen molar-refractivity contribution in [1.82, 2.24) is 0 Å². The first-order valence-corrected chi connectivity index (χ1v) is 3.94. The maximum Gasteiger partial charge on any atom is 0.108 e. The highest BCUT2D eigenvalue weighted by atomic mass is 32.2. The van der Waals surface area contributed by atoms with Gasteiger partial charge in [0.15, 0.2) is 0 Å². The Hall–Kier alpha value is -0.170. The lowest BCUT2D eigenvalue weighted by molar-refractivity contribution is 0.222. The van der Waals surface area contributed by atoms with E-state index in [0.717, 1.165) is 0 Å². The SMILES string of the molecule is CSCOCC#CCO. The topological polar surface area (TPSA) is 29.5 Å². The van der Waals surface area contributed by atoms with Crippen molar-refractivity contribution in [2.45, 2.75) is 0 Å². The molecule has 52 valence electrons. The number of hydrogen-bond donors (Lipinski definition) is 1. The first-order valence-electron chi connectivity index (χ1n) is 2.55. The second-order valence-electron chi connectivity index (χ2n) is 1.27. The summed E-state index contributed by atoms with van der Waals surface area (Å²) >= 11 is 1.61. The lowest BCUT2D eigenvalue weighted by Crippen LogP contribution is -1.89. The van der Waals surface area contributed by atoms with Crippen molar-refractivity contribution in [3.05, 3.63) is 0 Å². The number of aliphatic hydroxyl groups is 1. The summed E-state index contributed by atoms with van der Waals surface area (Å²) in [6.45, 7) is 0.337. The normalized spacial score (nSPS) is 8.22. The summed E-state index contributed by atoms with van der Waals surface area (Å²) in [5, 5.41) is 8.19. The Morgan fingerprint density at radius 3 is 2.89 bits per heavy atom. The third-order valence-corrected chi connectivity index (χ3v) is 0.982. The molecule has 9 heavy (non-hydrogen) atoms. The lowest BCUT2D eigenvalue weighted by atomic mass is 10.6. The molecule has 0 aliphatic carbocycles. The van der Waals surface area contributed by atoms with E-state index in [1.807, 2.05) is 6.26 Å². The van der Waals surface area contributed by atoms with Gasteiger partial charge < -0.3 is 9.84 Å². The van der Waals surface area contributed by atoms with Gasteiger partial charge in [-0.2, -0.15) is 0 Å². The molecule has 2 nitrogen and oxygen atoms in total. The molecule has 0 aromatic rings. The second-order valence-corrected chi connectivity index (χ2v) is 2.08. The van der Waals surface area contributed by atoms with E-state index in [-0.39, 0.29) is 6.61 Å². The van der Waals surface area contributed by atoms with Gasteiger partial charge in [0.25, 0.3) is 0 Å². The summed E-state index contributed by atoms with van der Waals surface area (Å²) < 4.78 is 4.96. The molecular weight excluding hydrogens is 136 g/mol. The van der Waals surface area contributed by atoms with Crippen LogP contribution in [0.5, 0.6) is 0 Å². The zero-order valence-electron chi connectivity index (χ0n) is 5.39. The first-order chi connectivity index (χ1) is 4.41. The molecule has 0 amide bonds. The van der Waals surface area contributed by atoms with Crippen LogP contribution in [0.2, 0.25) is 0 Å². The molecule has 0 aliphatic heterocycles. The molecule has 0 aromatic carbocycles. The maximum absolute atomic E-state index is 8.19. The van der Waals surface area contributed by atoms with Crippen molar-refractivity contribution < 1.29 is 9.84 Å². The summed E-state index contributed by atoms with van der Waals surface area (Å²) in [6.07, 6.45) is 1.96. The fourth-order valence-corrected chi connectivity index (χ4v) is 0.533. The minimum absolute atomic E-state index is 0.0807. The Morgan fingerprint density at radius 1 is 1.56 bits per heavy atom. The van der Waals surface area contributed by atoms with E-state index in [9.17, 15) is 0 Å². The molecule has 1 N–H and O–H groups in total. The summed E-state index contributed by atoms with van der Waals surface area (Å²) in [7, 11) is 0. The fraction of sp³-hybridized carbons (Fsp3) is 0.667. The molecule has 0 bridgehead atoms. The molecule has 0 radical (unpaired) electrons. The molecule has 0 atom stereocenters. The molecule has 0 fully saturated rings.